The average Bonchev–Trinajstić information content (AvgIpc) is 3.18. The topological polar surface area (TPSA) is 89.7 Å². The molecule has 2 heterocycles. The van der Waals surface area contributed by atoms with Crippen molar-refractivity contribution in [2.75, 3.05) is 11.9 Å². The predicted molar refractivity (Wildman–Crippen MR) is 89.9 cm³/mol. The molecule has 27 heavy (non-hydrogen) atoms. The zero-order chi connectivity index (χ0) is 19.0. The molecule has 0 aliphatic carbocycles. The van der Waals surface area contributed by atoms with Gasteiger partial charge in [0.15, 0.2) is 18.1 Å². The Labute approximate surface area is 150 Å². The van der Waals surface area contributed by atoms with Crippen LogP contribution in [0.3, 0.4) is 0 Å². The van der Waals surface area contributed by atoms with Gasteiger partial charge in [-0.15, -0.1) is 8.78 Å². The molecular weight excluding hydrogens is 362 g/mol. The third-order valence-electron chi connectivity index (χ3n) is 3.83. The molecule has 0 unspecified atom stereocenters. The van der Waals surface area contributed by atoms with E-state index >= 15 is 0 Å². The van der Waals surface area contributed by atoms with E-state index in [-0.39, 0.29) is 17.2 Å². The minimum Gasteiger partial charge on any atom is -0.452 e. The Bertz CT molecular complexity index is 1050. The smallest absolute Gasteiger partial charge is 0.452 e. The minimum atomic E-state index is -3.74. The van der Waals surface area contributed by atoms with Gasteiger partial charge in [0.2, 0.25) is 0 Å². The second-order valence-corrected chi connectivity index (χ2v) is 5.70. The van der Waals surface area contributed by atoms with Crippen LogP contribution in [0.25, 0.3) is 10.9 Å². The molecule has 1 aliphatic rings. The molecule has 0 atom stereocenters. The van der Waals surface area contributed by atoms with Gasteiger partial charge in [-0.2, -0.15) is 0 Å². The van der Waals surface area contributed by atoms with Gasteiger partial charge in [0.25, 0.3) is 5.91 Å². The third-order valence-corrected chi connectivity index (χ3v) is 3.83. The summed E-state index contributed by atoms with van der Waals surface area (Å²) >= 11 is 0. The maximum absolute atomic E-state index is 13.0. The highest BCUT2D eigenvalue weighted by Gasteiger charge is 2.43. The fraction of sp³-hybridized carbons (Fsp3) is 0.111. The van der Waals surface area contributed by atoms with Crippen molar-refractivity contribution >= 4 is 28.5 Å². The normalized spacial score (nSPS) is 14.1. The van der Waals surface area contributed by atoms with Gasteiger partial charge in [-0.3, -0.25) is 4.79 Å². The van der Waals surface area contributed by atoms with E-state index in [0.717, 1.165) is 5.52 Å². The van der Waals surface area contributed by atoms with Crippen LogP contribution >= 0.6 is 0 Å². The number of esters is 1. The lowest BCUT2D eigenvalue weighted by Crippen LogP contribution is -2.25. The van der Waals surface area contributed by atoms with Crippen LogP contribution in [0.2, 0.25) is 0 Å². The number of anilines is 1. The van der Waals surface area contributed by atoms with E-state index in [1.807, 2.05) is 12.1 Å². The summed E-state index contributed by atoms with van der Waals surface area (Å²) in [7, 11) is 0. The van der Waals surface area contributed by atoms with Gasteiger partial charge in [0, 0.05) is 28.9 Å². The quantitative estimate of drug-likeness (QED) is 0.684. The number of amides is 1. The van der Waals surface area contributed by atoms with Crippen LogP contribution in [0.15, 0.2) is 48.7 Å². The number of alkyl halides is 2. The number of para-hydroxylation sites is 1. The summed E-state index contributed by atoms with van der Waals surface area (Å²) in [5.74, 6) is -1.63. The van der Waals surface area contributed by atoms with Gasteiger partial charge in [-0.05, 0) is 18.2 Å². The van der Waals surface area contributed by atoms with Crippen LogP contribution in [0.4, 0.5) is 14.5 Å². The van der Waals surface area contributed by atoms with Crippen LogP contribution in [0.5, 0.6) is 11.5 Å². The van der Waals surface area contributed by atoms with Crippen molar-refractivity contribution in [1.29, 1.82) is 0 Å². The van der Waals surface area contributed by atoms with Gasteiger partial charge in [-0.25, -0.2) is 4.79 Å². The molecule has 2 aromatic carbocycles. The van der Waals surface area contributed by atoms with Crippen molar-refractivity contribution in [2.24, 2.45) is 0 Å². The van der Waals surface area contributed by atoms with Crippen molar-refractivity contribution in [3.8, 4) is 11.5 Å². The van der Waals surface area contributed by atoms with Gasteiger partial charge < -0.3 is 24.5 Å². The lowest BCUT2D eigenvalue weighted by molar-refractivity contribution is -0.286. The van der Waals surface area contributed by atoms with Crippen molar-refractivity contribution in [3.05, 3.63) is 54.2 Å². The third kappa shape index (κ3) is 3.39. The molecule has 2 N–H and O–H groups in total. The number of hydrogen-bond donors (Lipinski definition) is 2. The van der Waals surface area contributed by atoms with Crippen LogP contribution in [0, 0.1) is 0 Å². The van der Waals surface area contributed by atoms with E-state index in [1.165, 1.54) is 24.4 Å². The maximum atomic E-state index is 13.0. The first-order valence-electron chi connectivity index (χ1n) is 7.84. The standard InChI is InChI=1S/C18H12F2N2O5/c19-18(20)26-14-6-5-10(7-15(14)27-18)22-16(23)9-25-17(24)12-8-21-13-4-2-1-3-11(12)13/h1-8,21H,9H2,(H,22,23). The van der Waals surface area contributed by atoms with E-state index in [2.05, 4.69) is 19.8 Å². The number of H-pyrrole nitrogens is 1. The van der Waals surface area contributed by atoms with Crippen LogP contribution < -0.4 is 14.8 Å². The number of ether oxygens (including phenoxy) is 3. The average molecular weight is 374 g/mol. The summed E-state index contributed by atoms with van der Waals surface area (Å²) < 4.78 is 39.6. The first-order chi connectivity index (χ1) is 12.9. The molecule has 3 aromatic rings. The highest BCUT2D eigenvalue weighted by Crippen LogP contribution is 2.42. The molecule has 0 spiro atoms. The fourth-order valence-electron chi connectivity index (χ4n) is 2.67. The summed E-state index contributed by atoms with van der Waals surface area (Å²) in [6.07, 6.45) is -2.23. The number of hydrogen-bond acceptors (Lipinski definition) is 5. The molecule has 9 heteroatoms. The summed E-state index contributed by atoms with van der Waals surface area (Å²) in [6.45, 7) is -0.539. The van der Waals surface area contributed by atoms with E-state index in [9.17, 15) is 18.4 Å². The molecule has 0 saturated carbocycles. The molecule has 7 nitrogen and oxygen atoms in total. The van der Waals surface area contributed by atoms with Crippen LogP contribution in [-0.4, -0.2) is 29.8 Å². The van der Waals surface area contributed by atoms with Gasteiger partial charge in [0.1, 0.15) is 0 Å². The number of benzene rings is 2. The summed E-state index contributed by atoms with van der Waals surface area (Å²) in [5, 5.41) is 3.11. The Hall–Kier alpha value is -3.62. The van der Waals surface area contributed by atoms with Crippen LogP contribution in [-0.2, 0) is 9.53 Å². The molecule has 138 valence electrons. The lowest BCUT2D eigenvalue weighted by atomic mass is 10.2. The van der Waals surface area contributed by atoms with E-state index < -0.39 is 24.8 Å². The second-order valence-electron chi connectivity index (χ2n) is 5.70. The maximum Gasteiger partial charge on any atom is 0.586 e. The number of rotatable bonds is 4. The molecular formula is C18H12F2N2O5. The molecule has 4 rings (SSSR count). The molecule has 0 fully saturated rings. The number of aromatic nitrogens is 1. The highest BCUT2D eigenvalue weighted by molar-refractivity contribution is 6.05. The molecule has 1 amide bonds. The first kappa shape index (κ1) is 16.8. The number of aromatic amines is 1. The largest absolute Gasteiger partial charge is 0.586 e. The van der Waals surface area contributed by atoms with E-state index in [4.69, 9.17) is 4.74 Å². The molecule has 0 radical (unpaired) electrons. The van der Waals surface area contributed by atoms with Crippen molar-refractivity contribution in [2.45, 2.75) is 6.29 Å². The fourth-order valence-corrected chi connectivity index (χ4v) is 2.67. The number of carbonyl (C=O) groups is 2. The second kappa shape index (κ2) is 6.27. The number of nitrogens with one attached hydrogen (secondary N) is 2. The van der Waals surface area contributed by atoms with Gasteiger partial charge >= 0.3 is 12.3 Å². The van der Waals surface area contributed by atoms with E-state index in [1.54, 1.807) is 12.1 Å². The summed E-state index contributed by atoms with van der Waals surface area (Å²) in [5.41, 5.74) is 1.28. The Kier molecular flexibility index (Phi) is 3.91. The lowest BCUT2D eigenvalue weighted by Gasteiger charge is -2.07. The molecule has 0 bridgehead atoms. The Morgan fingerprint density at radius 2 is 1.89 bits per heavy atom. The molecule has 0 saturated heterocycles. The Morgan fingerprint density at radius 3 is 2.74 bits per heavy atom. The summed E-state index contributed by atoms with van der Waals surface area (Å²) in [4.78, 5) is 27.1. The van der Waals surface area contributed by atoms with Crippen molar-refractivity contribution < 1.29 is 32.6 Å². The van der Waals surface area contributed by atoms with Crippen molar-refractivity contribution in [3.63, 3.8) is 0 Å². The Morgan fingerprint density at radius 1 is 1.11 bits per heavy atom. The van der Waals surface area contributed by atoms with E-state index in [0.29, 0.717) is 10.9 Å². The number of halogens is 2. The summed E-state index contributed by atoms with van der Waals surface area (Å²) in [6, 6.07) is 11.0. The monoisotopic (exact) mass is 374 g/mol. The molecule has 1 aliphatic heterocycles. The molecule has 1 aromatic heterocycles. The van der Waals surface area contributed by atoms with Gasteiger partial charge in [0.05, 0.1) is 5.56 Å². The minimum absolute atomic E-state index is 0.135. The first-order valence-corrected chi connectivity index (χ1v) is 7.84. The SMILES string of the molecule is O=C(COC(=O)c1c[nH]c2ccccc12)Nc1ccc2c(c1)OC(F)(F)O2. The Balaban J connectivity index is 1.37. The number of fused-ring (bicyclic) bond motifs is 2. The number of carbonyl (C=O) groups excluding carboxylic acids is 2. The zero-order valence-corrected chi connectivity index (χ0v) is 13.6. The van der Waals surface area contributed by atoms with Crippen molar-refractivity contribution in [1.82, 2.24) is 4.98 Å². The van der Waals surface area contributed by atoms with Gasteiger partial charge in [-0.1, -0.05) is 18.2 Å². The highest BCUT2D eigenvalue weighted by atomic mass is 19.3. The zero-order valence-electron chi connectivity index (χ0n) is 13.6. The van der Waals surface area contributed by atoms with Crippen LogP contribution in [0.1, 0.15) is 10.4 Å². The predicted octanol–water partition coefficient (Wildman–Crippen LogP) is 3.28.